The van der Waals surface area contributed by atoms with E-state index in [-0.39, 0.29) is 39.1 Å². The predicted molar refractivity (Wildman–Crippen MR) is 140 cm³/mol. The van der Waals surface area contributed by atoms with E-state index in [0.29, 0.717) is 6.04 Å². The van der Waals surface area contributed by atoms with Crippen molar-refractivity contribution in [3.63, 3.8) is 0 Å². The van der Waals surface area contributed by atoms with E-state index in [1.807, 2.05) is 0 Å². The van der Waals surface area contributed by atoms with Crippen LogP contribution in [0.4, 0.5) is 0 Å². The maximum absolute atomic E-state index is 11.3. The number of nitrogens with two attached hydrogens (primary N) is 2. The SMILES string of the molecule is CC(C)(CO)C(O)C(=O)NCCC(=O)O.CC(C)(CO)C(O)C(=O)NCCC(=O)O.NC1CCCCC1.[NH2][Pt]. The summed E-state index contributed by atoms with van der Waals surface area (Å²) in [6.07, 6.45) is 3.57. The Morgan fingerprint density at radius 2 is 1.08 bits per heavy atom. The van der Waals surface area contributed by atoms with Crippen molar-refractivity contribution in [3.05, 3.63) is 0 Å². The van der Waals surface area contributed by atoms with E-state index in [9.17, 15) is 29.4 Å². The Labute approximate surface area is 242 Å². The number of aliphatic hydroxyl groups is 4. The van der Waals surface area contributed by atoms with Gasteiger partial charge in [-0.1, -0.05) is 47.0 Å². The van der Waals surface area contributed by atoms with Gasteiger partial charge < -0.3 is 47.0 Å². The van der Waals surface area contributed by atoms with Crippen LogP contribution in [0.1, 0.15) is 72.6 Å². The second-order valence-electron chi connectivity index (χ2n) is 10.4. The van der Waals surface area contributed by atoms with Crippen LogP contribution in [0.25, 0.3) is 0 Å². The van der Waals surface area contributed by atoms with E-state index in [1.165, 1.54) is 59.8 Å². The number of rotatable bonds is 12. The molecule has 0 bridgehead atoms. The predicted octanol–water partition coefficient (Wildman–Crippen LogP) is -1.40. The number of aliphatic hydroxyl groups excluding tert-OH is 4. The number of carbonyl (C=O) groups excluding carboxylic acids is 2. The first-order valence-corrected chi connectivity index (χ1v) is 13.8. The number of amides is 2. The molecule has 1 aliphatic rings. The molecule has 0 aromatic heterocycles. The molecular weight excluding hydrogens is 699 g/mol. The topological polar surface area (TPSA) is 266 Å². The molecule has 0 spiro atoms. The average Bonchev–Trinajstić information content (AvgIpc) is 2.89. The standard InChI is InChI=1S/2C9H17NO5.C6H13N.H2N.Pt/c2*1-9(2,5-11)7(14)8(15)10-4-3-6(12)13;7-6-4-2-1-3-5-6;;/h2*7,11,14H,3-5H2,1-2H3,(H,10,15)(H,12,13);6H,1-5,7H2;1H2;/q;;;-1;+1. The molecule has 2 atom stereocenters. The van der Waals surface area contributed by atoms with E-state index in [4.69, 9.17) is 26.2 Å². The number of carboxylic acid groups (broad SMARTS) is 2. The summed E-state index contributed by atoms with van der Waals surface area (Å²) in [7, 11) is 0. The zero-order chi connectivity index (χ0) is 31.2. The monoisotopic (exact) mass is 748 g/mol. The number of carboxylic acids is 2. The van der Waals surface area contributed by atoms with Crippen molar-refractivity contribution in [2.45, 2.75) is 90.9 Å². The van der Waals surface area contributed by atoms with Gasteiger partial charge in [-0.3, -0.25) is 19.2 Å². The fourth-order valence-corrected chi connectivity index (χ4v) is 2.80. The van der Waals surface area contributed by atoms with E-state index in [0.717, 1.165) is 0 Å². The summed E-state index contributed by atoms with van der Waals surface area (Å²) >= 11 is 1.64. The third-order valence-corrected chi connectivity index (χ3v) is 5.72. The molecule has 0 radical (unpaired) electrons. The quantitative estimate of drug-likeness (QED) is 0.111. The van der Waals surface area contributed by atoms with Crippen molar-refractivity contribution in [2.75, 3.05) is 26.3 Å². The van der Waals surface area contributed by atoms with Crippen molar-refractivity contribution < 1.29 is 69.9 Å². The van der Waals surface area contributed by atoms with Gasteiger partial charge in [-0.25, -0.2) is 0 Å². The fraction of sp³-hybridized carbons (Fsp3) is 0.833. The van der Waals surface area contributed by atoms with Crippen LogP contribution in [0, 0.1) is 10.8 Å². The molecule has 15 heteroatoms. The summed E-state index contributed by atoms with van der Waals surface area (Å²) in [6, 6.07) is 0.536. The maximum atomic E-state index is 11.3. The third kappa shape index (κ3) is 21.8. The van der Waals surface area contributed by atoms with E-state index in [2.05, 4.69) is 14.9 Å². The van der Waals surface area contributed by atoms with Crippen molar-refractivity contribution in [3.8, 4) is 0 Å². The van der Waals surface area contributed by atoms with Crippen molar-refractivity contribution in [1.29, 1.82) is 0 Å². The molecule has 2 amide bonds. The van der Waals surface area contributed by atoms with Crippen LogP contribution in [0.2, 0.25) is 0 Å². The minimum atomic E-state index is -1.35. The molecule has 0 heterocycles. The normalized spacial score (nSPS) is 15.0. The number of hydrogen-bond acceptors (Lipinski definition) is 10. The molecule has 235 valence electrons. The van der Waals surface area contributed by atoms with Crippen LogP contribution in [0.5, 0.6) is 0 Å². The molecule has 1 fully saturated rings. The Hall–Kier alpha value is -1.67. The van der Waals surface area contributed by atoms with Crippen LogP contribution in [-0.2, 0) is 39.2 Å². The van der Waals surface area contributed by atoms with Crippen LogP contribution in [0.3, 0.4) is 0 Å². The molecule has 0 aliphatic heterocycles. The number of hydrogen-bond donors (Lipinski definition) is 10. The van der Waals surface area contributed by atoms with Gasteiger partial charge >= 0.3 is 36.3 Å². The van der Waals surface area contributed by atoms with Crippen LogP contribution >= 0.6 is 0 Å². The van der Waals surface area contributed by atoms with E-state index >= 15 is 0 Å². The van der Waals surface area contributed by atoms with Gasteiger partial charge in [0, 0.05) is 30.0 Å². The van der Waals surface area contributed by atoms with Gasteiger partial charge in [0.15, 0.2) is 0 Å². The van der Waals surface area contributed by atoms with Crippen molar-refractivity contribution in [2.24, 2.45) is 20.9 Å². The molecule has 1 saturated carbocycles. The van der Waals surface area contributed by atoms with E-state index in [1.54, 1.807) is 20.1 Å². The molecule has 14 nitrogen and oxygen atoms in total. The molecule has 1 aliphatic carbocycles. The summed E-state index contributed by atoms with van der Waals surface area (Å²) in [5, 5.41) is 57.9. The first-order valence-electron chi connectivity index (χ1n) is 12.5. The van der Waals surface area contributed by atoms with Gasteiger partial charge in [0.25, 0.3) is 0 Å². The van der Waals surface area contributed by atoms with Crippen LogP contribution in [-0.4, -0.2) is 98.9 Å². The molecular formula is C24H49N4O10Pt. The van der Waals surface area contributed by atoms with Crippen LogP contribution < -0.4 is 20.7 Å². The summed E-state index contributed by atoms with van der Waals surface area (Å²) in [6.45, 7) is 5.41. The first kappa shape index (κ1) is 41.8. The molecule has 0 saturated heterocycles. The summed E-state index contributed by atoms with van der Waals surface area (Å²) in [5.74, 6) is -3.39. The second-order valence-corrected chi connectivity index (χ2v) is 10.4. The fourth-order valence-electron chi connectivity index (χ4n) is 2.80. The van der Waals surface area contributed by atoms with Gasteiger partial charge in [-0.2, -0.15) is 0 Å². The summed E-state index contributed by atoms with van der Waals surface area (Å²) in [5.41, 5.74) is 3.76. The second kappa shape index (κ2) is 23.1. The number of carbonyl (C=O) groups is 4. The van der Waals surface area contributed by atoms with Gasteiger partial charge in [-0.15, -0.1) is 0 Å². The van der Waals surface area contributed by atoms with E-state index < -0.39 is 46.8 Å². The zero-order valence-corrected chi connectivity index (χ0v) is 25.6. The molecule has 1 rings (SSSR count). The Bertz CT molecular complexity index is 654. The molecule has 2 unspecified atom stereocenters. The van der Waals surface area contributed by atoms with Crippen molar-refractivity contribution >= 4 is 23.8 Å². The average molecular weight is 749 g/mol. The Kier molecular flexibility index (Phi) is 24.7. The van der Waals surface area contributed by atoms with Gasteiger partial charge in [0.2, 0.25) is 11.8 Å². The zero-order valence-electron chi connectivity index (χ0n) is 23.3. The minimum absolute atomic E-state index is 0.0350. The molecule has 0 aromatic rings. The number of nitrogens with one attached hydrogen (secondary N) is 2. The van der Waals surface area contributed by atoms with Crippen molar-refractivity contribution in [1.82, 2.24) is 10.6 Å². The van der Waals surface area contributed by atoms with Crippen LogP contribution in [0.15, 0.2) is 0 Å². The first-order chi connectivity index (χ1) is 18.0. The van der Waals surface area contributed by atoms with Gasteiger partial charge in [0.05, 0.1) is 26.1 Å². The summed E-state index contributed by atoms with van der Waals surface area (Å²) in [4.78, 5) is 42.8. The molecule has 39 heavy (non-hydrogen) atoms. The van der Waals surface area contributed by atoms with Gasteiger partial charge in [0.1, 0.15) is 12.2 Å². The molecule has 12 N–H and O–H groups in total. The summed E-state index contributed by atoms with van der Waals surface area (Å²) < 4.78 is 4.47. The Morgan fingerprint density at radius 3 is 1.28 bits per heavy atom. The third-order valence-electron chi connectivity index (χ3n) is 5.72. The Morgan fingerprint density at radius 1 is 0.769 bits per heavy atom. The molecule has 0 aromatic carbocycles. The number of aliphatic carboxylic acids is 2. The Balaban J connectivity index is -0.000000508. The van der Waals surface area contributed by atoms with Gasteiger partial charge in [-0.05, 0) is 12.8 Å².